The van der Waals surface area contributed by atoms with Gasteiger partial charge in [-0.05, 0) is 28.5 Å². The van der Waals surface area contributed by atoms with Gasteiger partial charge in [0.1, 0.15) is 5.82 Å². The lowest BCUT2D eigenvalue weighted by Gasteiger charge is -2.18. The van der Waals surface area contributed by atoms with Crippen LogP contribution in [-0.4, -0.2) is 24.0 Å². The van der Waals surface area contributed by atoms with E-state index in [4.69, 9.17) is 0 Å². The Balaban J connectivity index is 2.32. The molecule has 100 valence electrons. The standard InChI is InChI=1S/C12H14N4O2S/c1-13-11-4-3-10(16(17)18)12(14-11)15(2)7-9-5-6-19-8-9/h3-6,8H,7H2,1-2H3,(H,13,14). The molecule has 0 aliphatic rings. The summed E-state index contributed by atoms with van der Waals surface area (Å²) < 4.78 is 0. The summed E-state index contributed by atoms with van der Waals surface area (Å²) in [4.78, 5) is 16.7. The minimum atomic E-state index is -0.411. The van der Waals surface area contributed by atoms with Crippen LogP contribution in [0.3, 0.4) is 0 Å². The monoisotopic (exact) mass is 278 g/mol. The second-order valence-electron chi connectivity index (χ2n) is 4.03. The number of rotatable bonds is 5. The Bertz CT molecular complexity index is 571. The number of hydrogen-bond acceptors (Lipinski definition) is 6. The van der Waals surface area contributed by atoms with Crippen molar-refractivity contribution in [2.75, 3.05) is 24.3 Å². The van der Waals surface area contributed by atoms with E-state index in [0.717, 1.165) is 5.56 Å². The van der Waals surface area contributed by atoms with E-state index in [-0.39, 0.29) is 5.69 Å². The Kier molecular flexibility index (Phi) is 3.96. The van der Waals surface area contributed by atoms with E-state index in [1.807, 2.05) is 16.8 Å². The second-order valence-corrected chi connectivity index (χ2v) is 4.81. The highest BCUT2D eigenvalue weighted by Crippen LogP contribution is 2.28. The van der Waals surface area contributed by atoms with E-state index in [1.165, 1.54) is 6.07 Å². The van der Waals surface area contributed by atoms with Gasteiger partial charge in [-0.3, -0.25) is 10.1 Å². The van der Waals surface area contributed by atoms with Crippen LogP contribution >= 0.6 is 11.3 Å². The van der Waals surface area contributed by atoms with Gasteiger partial charge in [-0.15, -0.1) is 0 Å². The van der Waals surface area contributed by atoms with E-state index in [0.29, 0.717) is 18.2 Å². The third-order valence-electron chi connectivity index (χ3n) is 2.67. The molecule has 2 aromatic rings. The van der Waals surface area contributed by atoms with Gasteiger partial charge in [-0.25, -0.2) is 4.98 Å². The molecule has 0 aromatic carbocycles. The van der Waals surface area contributed by atoms with Gasteiger partial charge in [-0.2, -0.15) is 11.3 Å². The summed E-state index contributed by atoms with van der Waals surface area (Å²) in [6.45, 7) is 0.588. The second kappa shape index (κ2) is 5.66. The quantitative estimate of drug-likeness (QED) is 0.672. The van der Waals surface area contributed by atoms with Crippen molar-refractivity contribution in [1.82, 2.24) is 4.98 Å². The zero-order valence-corrected chi connectivity index (χ0v) is 11.5. The number of pyridine rings is 1. The molecule has 1 N–H and O–H groups in total. The lowest BCUT2D eigenvalue weighted by molar-refractivity contribution is -0.384. The molecule has 0 saturated heterocycles. The molecule has 6 nitrogen and oxygen atoms in total. The molecule has 0 fully saturated rings. The Morgan fingerprint density at radius 1 is 1.47 bits per heavy atom. The van der Waals surface area contributed by atoms with Crippen LogP contribution < -0.4 is 10.2 Å². The molecule has 0 atom stereocenters. The first-order valence-electron chi connectivity index (χ1n) is 5.67. The van der Waals surface area contributed by atoms with Gasteiger partial charge >= 0.3 is 5.69 Å². The van der Waals surface area contributed by atoms with Crippen molar-refractivity contribution >= 4 is 28.7 Å². The molecule has 2 heterocycles. The minimum absolute atomic E-state index is 0.0109. The topological polar surface area (TPSA) is 71.3 Å². The van der Waals surface area contributed by atoms with Crippen LogP contribution in [0.25, 0.3) is 0 Å². The molecular weight excluding hydrogens is 264 g/mol. The highest BCUT2D eigenvalue weighted by atomic mass is 32.1. The highest BCUT2D eigenvalue weighted by molar-refractivity contribution is 7.07. The number of hydrogen-bond donors (Lipinski definition) is 1. The molecule has 0 radical (unpaired) electrons. The van der Waals surface area contributed by atoms with Crippen molar-refractivity contribution in [2.24, 2.45) is 0 Å². The number of anilines is 2. The Hall–Kier alpha value is -2.15. The van der Waals surface area contributed by atoms with E-state index < -0.39 is 4.92 Å². The van der Waals surface area contributed by atoms with Crippen LogP contribution in [-0.2, 0) is 6.54 Å². The van der Waals surface area contributed by atoms with Crippen molar-refractivity contribution < 1.29 is 4.92 Å². The summed E-state index contributed by atoms with van der Waals surface area (Å²) in [6, 6.07) is 5.06. The normalized spacial score (nSPS) is 10.2. The van der Waals surface area contributed by atoms with E-state index in [1.54, 1.807) is 36.4 Å². The fourth-order valence-corrected chi connectivity index (χ4v) is 2.39. The van der Waals surface area contributed by atoms with Gasteiger partial charge in [0.15, 0.2) is 0 Å². The zero-order chi connectivity index (χ0) is 13.8. The maximum Gasteiger partial charge on any atom is 0.311 e. The Morgan fingerprint density at radius 3 is 2.84 bits per heavy atom. The van der Waals surface area contributed by atoms with Gasteiger partial charge < -0.3 is 10.2 Å². The number of nitrogens with one attached hydrogen (secondary N) is 1. The number of nitrogens with zero attached hydrogens (tertiary/aromatic N) is 3. The van der Waals surface area contributed by atoms with Gasteiger partial charge in [0.25, 0.3) is 0 Å². The molecule has 7 heteroatoms. The first-order valence-corrected chi connectivity index (χ1v) is 6.61. The average molecular weight is 278 g/mol. The molecule has 19 heavy (non-hydrogen) atoms. The summed E-state index contributed by atoms with van der Waals surface area (Å²) >= 11 is 1.60. The summed E-state index contributed by atoms with van der Waals surface area (Å²) in [5, 5.41) is 17.9. The van der Waals surface area contributed by atoms with E-state index >= 15 is 0 Å². The smallest absolute Gasteiger partial charge is 0.311 e. The first kappa shape index (κ1) is 13.3. The predicted octanol–water partition coefficient (Wildman–Crippen LogP) is 2.73. The van der Waals surface area contributed by atoms with E-state index in [9.17, 15) is 10.1 Å². The Labute approximate surface area is 114 Å². The zero-order valence-electron chi connectivity index (χ0n) is 10.7. The molecule has 0 bridgehead atoms. The van der Waals surface area contributed by atoms with Gasteiger partial charge in [0.2, 0.25) is 5.82 Å². The molecule has 2 aromatic heterocycles. The molecule has 0 unspecified atom stereocenters. The van der Waals surface area contributed by atoms with Crippen molar-refractivity contribution in [3.63, 3.8) is 0 Å². The van der Waals surface area contributed by atoms with Crippen LogP contribution in [0.1, 0.15) is 5.56 Å². The van der Waals surface area contributed by atoms with Gasteiger partial charge in [-0.1, -0.05) is 0 Å². The van der Waals surface area contributed by atoms with Crippen molar-refractivity contribution in [3.05, 3.63) is 44.6 Å². The lowest BCUT2D eigenvalue weighted by atomic mass is 10.3. The molecule has 2 rings (SSSR count). The predicted molar refractivity (Wildman–Crippen MR) is 76.9 cm³/mol. The fraction of sp³-hybridized carbons (Fsp3) is 0.250. The van der Waals surface area contributed by atoms with Gasteiger partial charge in [0.05, 0.1) is 4.92 Å². The summed E-state index contributed by atoms with van der Waals surface area (Å²) in [6.07, 6.45) is 0. The van der Waals surface area contributed by atoms with Crippen LogP contribution in [0.5, 0.6) is 0 Å². The average Bonchev–Trinajstić information content (AvgIpc) is 2.90. The minimum Gasteiger partial charge on any atom is -0.373 e. The van der Waals surface area contributed by atoms with Crippen LogP contribution in [0.4, 0.5) is 17.3 Å². The molecular formula is C12H14N4O2S. The summed E-state index contributed by atoms with van der Waals surface area (Å²) in [5.41, 5.74) is 1.12. The van der Waals surface area contributed by atoms with Gasteiger partial charge in [0, 0.05) is 26.7 Å². The summed E-state index contributed by atoms with van der Waals surface area (Å²) in [5.74, 6) is 0.973. The van der Waals surface area contributed by atoms with Crippen LogP contribution in [0.2, 0.25) is 0 Å². The fourth-order valence-electron chi connectivity index (χ4n) is 1.74. The molecule has 0 aliphatic heterocycles. The van der Waals surface area contributed by atoms with Crippen LogP contribution in [0.15, 0.2) is 29.0 Å². The largest absolute Gasteiger partial charge is 0.373 e. The molecule has 0 saturated carbocycles. The Morgan fingerprint density at radius 2 is 2.26 bits per heavy atom. The molecule has 0 aliphatic carbocycles. The number of nitro groups is 1. The molecule has 0 spiro atoms. The number of aromatic nitrogens is 1. The van der Waals surface area contributed by atoms with E-state index in [2.05, 4.69) is 10.3 Å². The maximum atomic E-state index is 11.0. The highest BCUT2D eigenvalue weighted by Gasteiger charge is 2.19. The maximum absolute atomic E-state index is 11.0. The van der Waals surface area contributed by atoms with Crippen molar-refractivity contribution in [2.45, 2.75) is 6.54 Å². The third kappa shape index (κ3) is 3.00. The number of thiophene rings is 1. The third-order valence-corrected chi connectivity index (χ3v) is 3.40. The van der Waals surface area contributed by atoms with Crippen molar-refractivity contribution in [1.29, 1.82) is 0 Å². The lowest BCUT2D eigenvalue weighted by Crippen LogP contribution is -2.19. The SMILES string of the molecule is CNc1ccc([N+](=O)[O-])c(N(C)Cc2ccsc2)n1. The summed E-state index contributed by atoms with van der Waals surface area (Å²) in [7, 11) is 3.53. The van der Waals surface area contributed by atoms with Crippen LogP contribution in [0, 0.1) is 10.1 Å². The first-order chi connectivity index (χ1) is 9.11. The molecule has 0 amide bonds. The van der Waals surface area contributed by atoms with Crippen molar-refractivity contribution in [3.8, 4) is 0 Å².